The van der Waals surface area contributed by atoms with Crippen molar-refractivity contribution in [2.24, 2.45) is 11.8 Å². The van der Waals surface area contributed by atoms with Gasteiger partial charge in [-0.25, -0.2) is 4.79 Å². The van der Waals surface area contributed by atoms with Crippen LogP contribution >= 0.6 is 0 Å². The average Bonchev–Trinajstić information content (AvgIpc) is 2.43. The van der Waals surface area contributed by atoms with Crippen LogP contribution in [0, 0.1) is 11.8 Å². The van der Waals surface area contributed by atoms with Crippen molar-refractivity contribution in [3.8, 4) is 0 Å². The Hall–Kier alpha value is -0.770. The van der Waals surface area contributed by atoms with Gasteiger partial charge in [0, 0.05) is 19.1 Å². The van der Waals surface area contributed by atoms with Crippen LogP contribution in [0.25, 0.3) is 0 Å². The second-order valence-corrected chi connectivity index (χ2v) is 8.54. The minimum Gasteiger partial charge on any atom is -0.444 e. The van der Waals surface area contributed by atoms with Gasteiger partial charge in [0.15, 0.2) is 0 Å². The molecule has 0 aromatic rings. The van der Waals surface area contributed by atoms with E-state index in [9.17, 15) is 4.79 Å². The van der Waals surface area contributed by atoms with Crippen molar-refractivity contribution in [1.82, 2.24) is 10.2 Å². The Kier molecular flexibility index (Phi) is 8.38. The predicted octanol–water partition coefficient (Wildman–Crippen LogP) is 4.44. The van der Waals surface area contributed by atoms with Gasteiger partial charge in [-0.05, 0) is 65.3 Å². The minimum absolute atomic E-state index is 0.161. The van der Waals surface area contributed by atoms with Gasteiger partial charge in [0.25, 0.3) is 0 Å². The number of carbonyl (C=O) groups is 1. The van der Waals surface area contributed by atoms with E-state index >= 15 is 0 Å². The van der Waals surface area contributed by atoms with Crippen LogP contribution in [0.2, 0.25) is 0 Å². The number of amides is 1. The van der Waals surface area contributed by atoms with Gasteiger partial charge >= 0.3 is 6.09 Å². The molecule has 4 nitrogen and oxygen atoms in total. The fourth-order valence-electron chi connectivity index (χ4n) is 2.95. The van der Waals surface area contributed by atoms with Gasteiger partial charge in [-0.15, -0.1) is 0 Å². The lowest BCUT2D eigenvalue weighted by atomic mass is 9.96. The molecule has 1 fully saturated rings. The fraction of sp³-hybridized carbons (Fsp3) is 0.947. The van der Waals surface area contributed by atoms with Crippen molar-refractivity contribution >= 4 is 6.09 Å². The molecule has 1 aliphatic rings. The number of piperidine rings is 1. The van der Waals surface area contributed by atoms with Crippen LogP contribution in [0.3, 0.4) is 0 Å². The second kappa shape index (κ2) is 9.51. The summed E-state index contributed by atoms with van der Waals surface area (Å²) in [4.78, 5) is 13.9. The molecule has 0 aromatic heterocycles. The first-order valence-corrected chi connectivity index (χ1v) is 9.38. The van der Waals surface area contributed by atoms with Crippen LogP contribution < -0.4 is 5.32 Å². The van der Waals surface area contributed by atoms with Gasteiger partial charge in [0.05, 0.1) is 0 Å². The molecule has 0 saturated carbocycles. The summed E-state index contributed by atoms with van der Waals surface area (Å²) in [7, 11) is 0. The van der Waals surface area contributed by atoms with E-state index in [1.165, 1.54) is 19.3 Å². The third-order valence-corrected chi connectivity index (χ3v) is 4.44. The van der Waals surface area contributed by atoms with Crippen LogP contribution in [0.1, 0.15) is 73.6 Å². The zero-order valence-electron chi connectivity index (χ0n) is 16.2. The van der Waals surface area contributed by atoms with E-state index in [2.05, 4.69) is 26.1 Å². The summed E-state index contributed by atoms with van der Waals surface area (Å²) in [6.07, 6.45) is 5.87. The van der Waals surface area contributed by atoms with Crippen molar-refractivity contribution in [2.75, 3.05) is 19.6 Å². The Morgan fingerprint density at radius 3 is 2.30 bits per heavy atom. The maximum Gasteiger partial charge on any atom is 0.410 e. The molecule has 1 atom stereocenters. The Labute approximate surface area is 143 Å². The molecule has 1 N–H and O–H groups in total. The maximum absolute atomic E-state index is 12.0. The fourth-order valence-corrected chi connectivity index (χ4v) is 2.95. The lowest BCUT2D eigenvalue weighted by Gasteiger charge is -2.34. The SMILES string of the molecule is CC(C)CCCC(C)NCC1CCN(C(=O)OC(C)(C)C)CC1. The average molecular weight is 327 g/mol. The van der Waals surface area contributed by atoms with Gasteiger partial charge in [-0.1, -0.05) is 26.7 Å². The molecule has 1 heterocycles. The van der Waals surface area contributed by atoms with Gasteiger partial charge in [0.1, 0.15) is 5.60 Å². The second-order valence-electron chi connectivity index (χ2n) is 8.54. The summed E-state index contributed by atoms with van der Waals surface area (Å²) in [6.45, 7) is 15.3. The van der Waals surface area contributed by atoms with Crippen LogP contribution in [0.5, 0.6) is 0 Å². The Bertz CT molecular complexity index is 342. The van der Waals surface area contributed by atoms with Crippen molar-refractivity contribution in [3.63, 3.8) is 0 Å². The summed E-state index contributed by atoms with van der Waals surface area (Å²) >= 11 is 0. The van der Waals surface area contributed by atoms with Crippen LogP contribution in [0.4, 0.5) is 4.79 Å². The van der Waals surface area contributed by atoms with Crippen molar-refractivity contribution < 1.29 is 9.53 Å². The summed E-state index contributed by atoms with van der Waals surface area (Å²) in [5.74, 6) is 1.49. The molecule has 23 heavy (non-hydrogen) atoms. The molecule has 136 valence electrons. The molecular formula is C19H38N2O2. The molecular weight excluding hydrogens is 288 g/mol. The Morgan fingerprint density at radius 2 is 1.78 bits per heavy atom. The highest BCUT2D eigenvalue weighted by atomic mass is 16.6. The number of carbonyl (C=O) groups excluding carboxylic acids is 1. The largest absolute Gasteiger partial charge is 0.444 e. The van der Waals surface area contributed by atoms with Crippen molar-refractivity contribution in [1.29, 1.82) is 0 Å². The number of rotatable bonds is 7. The van der Waals surface area contributed by atoms with Gasteiger partial charge < -0.3 is 15.0 Å². The number of ether oxygens (including phenoxy) is 1. The molecule has 4 heteroatoms. The normalized spacial score (nSPS) is 18.3. The van der Waals surface area contributed by atoms with Gasteiger partial charge in [-0.3, -0.25) is 0 Å². The number of hydrogen-bond acceptors (Lipinski definition) is 3. The van der Waals surface area contributed by atoms with E-state index in [0.29, 0.717) is 12.0 Å². The predicted molar refractivity (Wildman–Crippen MR) is 96.7 cm³/mol. The van der Waals surface area contributed by atoms with E-state index in [0.717, 1.165) is 38.4 Å². The lowest BCUT2D eigenvalue weighted by molar-refractivity contribution is 0.0183. The topological polar surface area (TPSA) is 41.6 Å². The molecule has 1 rings (SSSR count). The van der Waals surface area contributed by atoms with E-state index in [-0.39, 0.29) is 6.09 Å². The van der Waals surface area contributed by atoms with Crippen LogP contribution in [-0.2, 0) is 4.74 Å². The molecule has 1 unspecified atom stereocenters. The van der Waals surface area contributed by atoms with Gasteiger partial charge in [0.2, 0.25) is 0 Å². The molecule has 0 aliphatic carbocycles. The van der Waals surface area contributed by atoms with Crippen molar-refractivity contribution in [3.05, 3.63) is 0 Å². The van der Waals surface area contributed by atoms with E-state index in [1.54, 1.807) is 0 Å². The first-order chi connectivity index (χ1) is 10.7. The zero-order valence-corrected chi connectivity index (χ0v) is 16.2. The number of likely N-dealkylation sites (tertiary alicyclic amines) is 1. The van der Waals surface area contributed by atoms with E-state index < -0.39 is 5.60 Å². The Morgan fingerprint density at radius 1 is 1.17 bits per heavy atom. The summed E-state index contributed by atoms with van der Waals surface area (Å²) < 4.78 is 5.45. The summed E-state index contributed by atoms with van der Waals surface area (Å²) in [5.41, 5.74) is -0.402. The molecule has 0 aromatic carbocycles. The molecule has 1 aliphatic heterocycles. The third-order valence-electron chi connectivity index (χ3n) is 4.44. The molecule has 0 spiro atoms. The number of nitrogens with one attached hydrogen (secondary N) is 1. The maximum atomic E-state index is 12.0. The van der Waals surface area contributed by atoms with Gasteiger partial charge in [-0.2, -0.15) is 0 Å². The first kappa shape index (κ1) is 20.3. The highest BCUT2D eigenvalue weighted by molar-refractivity contribution is 5.68. The monoisotopic (exact) mass is 326 g/mol. The van der Waals surface area contributed by atoms with E-state index in [1.807, 2.05) is 25.7 Å². The summed E-state index contributed by atoms with van der Waals surface area (Å²) in [5, 5.41) is 3.67. The number of hydrogen-bond donors (Lipinski definition) is 1. The van der Waals surface area contributed by atoms with Crippen LogP contribution in [0.15, 0.2) is 0 Å². The highest BCUT2D eigenvalue weighted by Gasteiger charge is 2.26. The summed E-state index contributed by atoms with van der Waals surface area (Å²) in [6, 6.07) is 0.595. The Balaban J connectivity index is 2.17. The first-order valence-electron chi connectivity index (χ1n) is 9.38. The molecule has 1 saturated heterocycles. The standard InChI is InChI=1S/C19H38N2O2/c1-15(2)8-7-9-16(3)20-14-17-10-12-21(13-11-17)18(22)23-19(4,5)6/h15-17,20H,7-14H2,1-6H3. The zero-order chi connectivity index (χ0) is 17.5. The molecule has 0 radical (unpaired) electrons. The molecule has 0 bridgehead atoms. The lowest BCUT2D eigenvalue weighted by Crippen LogP contribution is -2.44. The smallest absolute Gasteiger partial charge is 0.410 e. The minimum atomic E-state index is -0.402. The third kappa shape index (κ3) is 9.19. The quantitative estimate of drug-likeness (QED) is 0.752. The van der Waals surface area contributed by atoms with Crippen molar-refractivity contribution in [2.45, 2.75) is 85.3 Å². The highest BCUT2D eigenvalue weighted by Crippen LogP contribution is 2.19. The van der Waals surface area contributed by atoms with Crippen LogP contribution in [-0.4, -0.2) is 42.3 Å². The number of nitrogens with zero attached hydrogens (tertiary/aromatic N) is 1. The van der Waals surface area contributed by atoms with E-state index in [4.69, 9.17) is 4.74 Å². The molecule has 1 amide bonds.